The van der Waals surface area contributed by atoms with Crippen LogP contribution in [0.15, 0.2) is 18.3 Å². The second-order valence-corrected chi connectivity index (χ2v) is 8.46. The number of carbonyl (C=O) groups excluding carboxylic acids is 2. The van der Waals surface area contributed by atoms with Gasteiger partial charge < -0.3 is 10.6 Å². The van der Waals surface area contributed by atoms with Crippen LogP contribution < -0.4 is 10.6 Å². The van der Waals surface area contributed by atoms with Crippen molar-refractivity contribution in [2.24, 2.45) is 5.92 Å². The van der Waals surface area contributed by atoms with Gasteiger partial charge in [-0.1, -0.05) is 22.9 Å². The third kappa shape index (κ3) is 3.39. The maximum Gasteiger partial charge on any atom is 0.232 e. The largest absolute Gasteiger partial charge is 0.322 e. The topological polar surface area (TPSA) is 113 Å². The van der Waals surface area contributed by atoms with Gasteiger partial charge in [-0.3, -0.25) is 14.7 Å². The van der Waals surface area contributed by atoms with Crippen molar-refractivity contribution in [3.8, 4) is 11.3 Å². The highest BCUT2D eigenvalue weighted by atomic mass is 35.5. The number of H-pyrrole nitrogens is 1. The first kappa shape index (κ1) is 19.8. The number of nitrogens with zero attached hydrogens (tertiary/aromatic N) is 3. The molecule has 12 heteroatoms. The van der Waals surface area contributed by atoms with Crippen LogP contribution in [0.1, 0.15) is 13.3 Å². The quantitative estimate of drug-likeness (QED) is 0.419. The Morgan fingerprint density at radius 3 is 2.77 bits per heavy atom. The van der Waals surface area contributed by atoms with Crippen LogP contribution >= 0.6 is 22.9 Å². The summed E-state index contributed by atoms with van der Waals surface area (Å²) < 4.78 is 28.1. The average Bonchev–Trinajstić information content (AvgIpc) is 3.11. The molecular weight excluding hydrogens is 450 g/mol. The lowest BCUT2D eigenvalue weighted by Gasteiger charge is -2.12. The molecular formula is C19H13ClF2N6O2S. The summed E-state index contributed by atoms with van der Waals surface area (Å²) in [5.41, 5.74) is 1.37. The fraction of sp³-hybridized carbons (Fsp3) is 0.211. The van der Waals surface area contributed by atoms with Crippen molar-refractivity contribution in [3.63, 3.8) is 0 Å². The van der Waals surface area contributed by atoms with Crippen LogP contribution in [0.2, 0.25) is 5.02 Å². The molecule has 5 rings (SSSR count). The smallest absolute Gasteiger partial charge is 0.232 e. The summed E-state index contributed by atoms with van der Waals surface area (Å²) in [5, 5.41) is 12.2. The number of aromatic nitrogens is 4. The summed E-state index contributed by atoms with van der Waals surface area (Å²) in [6.45, 7) is 1.26. The van der Waals surface area contributed by atoms with Gasteiger partial charge in [0.2, 0.25) is 11.8 Å². The van der Waals surface area contributed by atoms with Gasteiger partial charge in [0, 0.05) is 17.9 Å². The van der Waals surface area contributed by atoms with Crippen molar-refractivity contribution in [1.82, 2.24) is 20.2 Å². The molecule has 3 aromatic heterocycles. The summed E-state index contributed by atoms with van der Waals surface area (Å²) in [6.07, 6.45) is 0.585. The van der Waals surface area contributed by atoms with Crippen LogP contribution in [0.25, 0.3) is 32.5 Å². The molecule has 1 aliphatic carbocycles. The molecule has 2 atom stereocenters. The Morgan fingerprint density at radius 2 is 2.06 bits per heavy atom. The zero-order valence-electron chi connectivity index (χ0n) is 15.8. The Balaban J connectivity index is 1.57. The van der Waals surface area contributed by atoms with Crippen molar-refractivity contribution in [3.05, 3.63) is 29.2 Å². The number of pyridine rings is 1. The number of rotatable bonds is 4. The second kappa shape index (κ2) is 7.20. The molecule has 3 heterocycles. The van der Waals surface area contributed by atoms with E-state index in [2.05, 4.69) is 30.8 Å². The summed E-state index contributed by atoms with van der Waals surface area (Å²) in [5.74, 6) is -2.31. The van der Waals surface area contributed by atoms with Gasteiger partial charge in [-0.25, -0.2) is 18.7 Å². The summed E-state index contributed by atoms with van der Waals surface area (Å²) >= 11 is 7.44. The fourth-order valence-electron chi connectivity index (χ4n) is 3.30. The van der Waals surface area contributed by atoms with E-state index in [1.165, 1.54) is 13.1 Å². The van der Waals surface area contributed by atoms with Crippen LogP contribution in [0, 0.1) is 11.7 Å². The number of hydrogen-bond donors (Lipinski definition) is 3. The molecule has 0 aliphatic heterocycles. The Labute approximate surface area is 182 Å². The molecule has 31 heavy (non-hydrogen) atoms. The van der Waals surface area contributed by atoms with E-state index in [1.807, 2.05) is 0 Å². The number of nitrogens with one attached hydrogen (secondary N) is 3. The van der Waals surface area contributed by atoms with E-state index < -0.39 is 29.7 Å². The van der Waals surface area contributed by atoms with Gasteiger partial charge in [-0.15, -0.1) is 0 Å². The van der Waals surface area contributed by atoms with E-state index in [0.29, 0.717) is 32.1 Å². The average molecular weight is 463 g/mol. The van der Waals surface area contributed by atoms with E-state index in [4.69, 9.17) is 11.6 Å². The number of benzene rings is 1. The minimum atomic E-state index is -1.10. The van der Waals surface area contributed by atoms with Gasteiger partial charge in [-0.05, 0) is 18.6 Å². The third-order valence-electron chi connectivity index (χ3n) is 4.88. The molecule has 1 aliphatic rings. The molecule has 1 saturated carbocycles. The Kier molecular flexibility index (Phi) is 4.59. The number of halogens is 3. The first-order chi connectivity index (χ1) is 14.8. The maximum absolute atomic E-state index is 15.0. The first-order valence-corrected chi connectivity index (χ1v) is 10.4. The number of anilines is 2. The molecule has 8 nitrogen and oxygen atoms in total. The Hall–Kier alpha value is -3.18. The minimum absolute atomic E-state index is 0.0936. The molecule has 3 N–H and O–H groups in total. The molecule has 0 radical (unpaired) electrons. The van der Waals surface area contributed by atoms with Crippen molar-refractivity contribution < 1.29 is 18.4 Å². The van der Waals surface area contributed by atoms with Crippen LogP contribution in [0.5, 0.6) is 0 Å². The number of thiazole rings is 1. The molecule has 158 valence electrons. The summed E-state index contributed by atoms with van der Waals surface area (Å²) in [4.78, 5) is 32.7. The lowest BCUT2D eigenvalue weighted by atomic mass is 10.0. The fourth-order valence-corrected chi connectivity index (χ4v) is 4.43. The number of carbonyl (C=O) groups is 2. The SMILES string of the molecule is CC(=O)Nc1c(F)c(Cl)c(-c2ccc3nc(NC(=O)[C@@H]4C[C@@H]4F)sc3n2)c2cn[nH]c12. The number of hydrogen-bond acceptors (Lipinski definition) is 6. The van der Waals surface area contributed by atoms with E-state index in [9.17, 15) is 18.4 Å². The number of amides is 2. The predicted octanol–water partition coefficient (Wildman–Crippen LogP) is 4.28. The van der Waals surface area contributed by atoms with Crippen LogP contribution in [-0.2, 0) is 9.59 Å². The summed E-state index contributed by atoms with van der Waals surface area (Å²) in [7, 11) is 0. The standard InChI is InChI=1S/C19H13ClF2N6O2S/c1-6(29)24-16-14(22)13(20)12(8-5-23-28-15(8)16)10-2-3-11-18(25-10)31-19(26-11)27-17(30)7-4-9(7)21/h2-3,5,7,9H,4H2,1H3,(H,23,28)(H,24,29)(H,26,27,30)/t7-,9+/m1/s1. The van der Waals surface area contributed by atoms with Crippen molar-refractivity contribution in [2.75, 3.05) is 10.6 Å². The molecule has 0 saturated heterocycles. The number of alkyl halides is 1. The Bertz CT molecular complexity index is 1390. The van der Waals surface area contributed by atoms with E-state index in [0.717, 1.165) is 11.3 Å². The minimum Gasteiger partial charge on any atom is -0.322 e. The van der Waals surface area contributed by atoms with Crippen LogP contribution in [0.4, 0.5) is 19.6 Å². The van der Waals surface area contributed by atoms with Gasteiger partial charge in [0.05, 0.1) is 28.3 Å². The Morgan fingerprint density at radius 1 is 1.29 bits per heavy atom. The lowest BCUT2D eigenvalue weighted by molar-refractivity contribution is -0.117. The van der Waals surface area contributed by atoms with Gasteiger partial charge >= 0.3 is 0 Å². The molecule has 4 aromatic rings. The number of aromatic amines is 1. The zero-order chi connectivity index (χ0) is 21.9. The highest BCUT2D eigenvalue weighted by molar-refractivity contribution is 7.22. The summed E-state index contributed by atoms with van der Waals surface area (Å²) in [6, 6.07) is 3.29. The highest BCUT2D eigenvalue weighted by Gasteiger charge is 2.43. The van der Waals surface area contributed by atoms with E-state index >= 15 is 0 Å². The molecule has 0 unspecified atom stereocenters. The molecule has 1 fully saturated rings. The highest BCUT2D eigenvalue weighted by Crippen LogP contribution is 2.41. The third-order valence-corrected chi connectivity index (χ3v) is 6.12. The van der Waals surface area contributed by atoms with Crippen molar-refractivity contribution in [2.45, 2.75) is 19.5 Å². The van der Waals surface area contributed by atoms with Gasteiger partial charge in [0.25, 0.3) is 0 Å². The lowest BCUT2D eigenvalue weighted by Crippen LogP contribution is -2.14. The van der Waals surface area contributed by atoms with Gasteiger partial charge in [-0.2, -0.15) is 5.10 Å². The van der Waals surface area contributed by atoms with E-state index in [-0.39, 0.29) is 22.6 Å². The van der Waals surface area contributed by atoms with Crippen molar-refractivity contribution >= 4 is 66.8 Å². The molecule has 2 amide bonds. The molecule has 0 bridgehead atoms. The van der Waals surface area contributed by atoms with Crippen LogP contribution in [0.3, 0.4) is 0 Å². The maximum atomic E-state index is 15.0. The number of fused-ring (bicyclic) bond motifs is 2. The predicted molar refractivity (Wildman–Crippen MR) is 113 cm³/mol. The normalized spacial score (nSPS) is 17.8. The monoisotopic (exact) mass is 462 g/mol. The van der Waals surface area contributed by atoms with Gasteiger partial charge in [0.1, 0.15) is 22.2 Å². The van der Waals surface area contributed by atoms with Gasteiger partial charge in [0.15, 0.2) is 10.9 Å². The second-order valence-electron chi connectivity index (χ2n) is 7.11. The first-order valence-electron chi connectivity index (χ1n) is 9.18. The molecule has 1 aromatic carbocycles. The molecule has 0 spiro atoms. The zero-order valence-corrected chi connectivity index (χ0v) is 17.4. The van der Waals surface area contributed by atoms with E-state index in [1.54, 1.807) is 12.1 Å². The van der Waals surface area contributed by atoms with Crippen molar-refractivity contribution in [1.29, 1.82) is 0 Å². The van der Waals surface area contributed by atoms with Crippen LogP contribution in [-0.4, -0.2) is 38.2 Å².